The molecular weight excluding hydrogens is 362 g/mol. The number of ether oxygens (including phenoxy) is 2. The van der Waals surface area contributed by atoms with E-state index in [0.29, 0.717) is 62.2 Å². The second-order valence-electron chi connectivity index (χ2n) is 6.75. The average Bonchev–Trinajstić information content (AvgIpc) is 2.74. The standard InChI is InChI=1S/C19H23N5O4/c1-27-14-4-2-3-13(11-14)20-19(26)24-6-5-16-15(12-24)17(25)22-18(21-16)23-7-9-28-10-8-23/h2-4,11H,5-10,12H2,1H3,(H,20,26)(H,21,22,25). The Morgan fingerprint density at radius 2 is 2.11 bits per heavy atom. The molecule has 1 saturated heterocycles. The Morgan fingerprint density at radius 3 is 2.89 bits per heavy atom. The molecular formula is C19H23N5O4. The monoisotopic (exact) mass is 385 g/mol. The molecule has 1 aromatic heterocycles. The molecule has 0 spiro atoms. The van der Waals surface area contributed by atoms with Gasteiger partial charge in [-0.3, -0.25) is 9.78 Å². The van der Waals surface area contributed by atoms with Crippen LogP contribution in [-0.2, 0) is 17.7 Å². The van der Waals surface area contributed by atoms with Crippen LogP contribution < -0.4 is 20.5 Å². The largest absolute Gasteiger partial charge is 0.497 e. The minimum atomic E-state index is -0.254. The van der Waals surface area contributed by atoms with Crippen molar-refractivity contribution in [1.29, 1.82) is 0 Å². The van der Waals surface area contributed by atoms with Crippen molar-refractivity contribution < 1.29 is 14.3 Å². The van der Waals surface area contributed by atoms with E-state index in [1.807, 2.05) is 17.0 Å². The highest BCUT2D eigenvalue weighted by atomic mass is 16.5. The molecule has 9 nitrogen and oxygen atoms in total. The third kappa shape index (κ3) is 3.79. The van der Waals surface area contributed by atoms with Gasteiger partial charge in [0, 0.05) is 37.8 Å². The highest BCUT2D eigenvalue weighted by Crippen LogP contribution is 2.20. The average molecular weight is 385 g/mol. The number of carbonyl (C=O) groups excluding carboxylic acids is 1. The molecule has 4 rings (SSSR count). The number of nitrogens with one attached hydrogen (secondary N) is 2. The molecule has 1 aromatic carbocycles. The maximum atomic E-state index is 12.6. The van der Waals surface area contributed by atoms with E-state index in [4.69, 9.17) is 9.47 Å². The summed E-state index contributed by atoms with van der Waals surface area (Å²) in [5, 5.41) is 2.85. The highest BCUT2D eigenvalue weighted by molar-refractivity contribution is 5.89. The molecule has 3 heterocycles. The summed E-state index contributed by atoms with van der Waals surface area (Å²) in [6, 6.07) is 6.90. The fourth-order valence-electron chi connectivity index (χ4n) is 3.41. The second kappa shape index (κ2) is 7.89. The molecule has 2 aromatic rings. The van der Waals surface area contributed by atoms with E-state index < -0.39 is 0 Å². The van der Waals surface area contributed by atoms with Gasteiger partial charge in [-0.2, -0.15) is 0 Å². The quantitative estimate of drug-likeness (QED) is 0.824. The number of aromatic amines is 1. The molecule has 0 atom stereocenters. The summed E-state index contributed by atoms with van der Waals surface area (Å²) in [6.45, 7) is 3.39. The zero-order valence-electron chi connectivity index (χ0n) is 15.7. The predicted octanol–water partition coefficient (Wildman–Crippen LogP) is 1.21. The van der Waals surface area contributed by atoms with E-state index in [2.05, 4.69) is 15.3 Å². The third-order valence-electron chi connectivity index (χ3n) is 4.97. The second-order valence-corrected chi connectivity index (χ2v) is 6.75. The van der Waals surface area contributed by atoms with Crippen molar-refractivity contribution in [2.45, 2.75) is 13.0 Å². The summed E-state index contributed by atoms with van der Waals surface area (Å²) < 4.78 is 10.5. The van der Waals surface area contributed by atoms with Crippen LogP contribution in [0.5, 0.6) is 5.75 Å². The molecule has 1 fully saturated rings. The number of aromatic nitrogens is 2. The number of hydrogen-bond donors (Lipinski definition) is 2. The maximum Gasteiger partial charge on any atom is 0.322 e. The van der Waals surface area contributed by atoms with Crippen LogP contribution in [0, 0.1) is 0 Å². The number of H-pyrrole nitrogens is 1. The lowest BCUT2D eigenvalue weighted by atomic mass is 10.1. The minimum absolute atomic E-state index is 0.189. The maximum absolute atomic E-state index is 12.6. The van der Waals surface area contributed by atoms with Crippen molar-refractivity contribution in [3.63, 3.8) is 0 Å². The number of methoxy groups -OCH3 is 1. The van der Waals surface area contributed by atoms with Crippen molar-refractivity contribution in [3.8, 4) is 5.75 Å². The van der Waals surface area contributed by atoms with Gasteiger partial charge in [0.05, 0.1) is 38.1 Å². The van der Waals surface area contributed by atoms with E-state index in [1.165, 1.54) is 0 Å². The van der Waals surface area contributed by atoms with Gasteiger partial charge in [0.1, 0.15) is 5.75 Å². The molecule has 0 unspecified atom stereocenters. The van der Waals surface area contributed by atoms with E-state index in [0.717, 1.165) is 5.69 Å². The number of rotatable bonds is 3. The van der Waals surface area contributed by atoms with Crippen LogP contribution in [0.2, 0.25) is 0 Å². The van der Waals surface area contributed by atoms with E-state index >= 15 is 0 Å². The van der Waals surface area contributed by atoms with Crippen LogP contribution in [0.15, 0.2) is 29.1 Å². The Morgan fingerprint density at radius 1 is 1.29 bits per heavy atom. The highest BCUT2D eigenvalue weighted by Gasteiger charge is 2.26. The summed E-state index contributed by atoms with van der Waals surface area (Å²) in [5.41, 5.74) is 1.76. The zero-order chi connectivity index (χ0) is 19.5. The summed E-state index contributed by atoms with van der Waals surface area (Å²) in [5.74, 6) is 1.25. The first-order valence-corrected chi connectivity index (χ1v) is 9.29. The van der Waals surface area contributed by atoms with Crippen LogP contribution in [0.1, 0.15) is 11.3 Å². The Balaban J connectivity index is 1.48. The summed E-state index contributed by atoms with van der Waals surface area (Å²) in [6.07, 6.45) is 0.544. The summed E-state index contributed by atoms with van der Waals surface area (Å²) >= 11 is 0. The Kier molecular flexibility index (Phi) is 5.16. The lowest BCUT2D eigenvalue weighted by molar-refractivity contribution is 0.122. The van der Waals surface area contributed by atoms with Gasteiger partial charge < -0.3 is 24.6 Å². The van der Waals surface area contributed by atoms with Gasteiger partial charge in [-0.25, -0.2) is 9.78 Å². The van der Waals surface area contributed by atoms with E-state index in [9.17, 15) is 9.59 Å². The van der Waals surface area contributed by atoms with Crippen LogP contribution in [0.4, 0.5) is 16.4 Å². The van der Waals surface area contributed by atoms with Gasteiger partial charge in [-0.15, -0.1) is 0 Å². The van der Waals surface area contributed by atoms with Gasteiger partial charge in [-0.1, -0.05) is 6.07 Å². The number of morpholine rings is 1. The molecule has 0 saturated carbocycles. The lowest BCUT2D eigenvalue weighted by Gasteiger charge is -2.30. The first kappa shape index (κ1) is 18.3. The topological polar surface area (TPSA) is 99.8 Å². The van der Waals surface area contributed by atoms with Crippen LogP contribution in [0.3, 0.4) is 0 Å². The Bertz CT molecular complexity index is 923. The lowest BCUT2D eigenvalue weighted by Crippen LogP contribution is -2.43. The van der Waals surface area contributed by atoms with Gasteiger partial charge in [-0.05, 0) is 12.1 Å². The van der Waals surface area contributed by atoms with Gasteiger partial charge in [0.15, 0.2) is 0 Å². The first-order valence-electron chi connectivity index (χ1n) is 9.29. The number of hydrogen-bond acceptors (Lipinski definition) is 6. The van der Waals surface area contributed by atoms with E-state index in [1.54, 1.807) is 24.1 Å². The summed E-state index contributed by atoms with van der Waals surface area (Å²) in [4.78, 5) is 36.4. The molecule has 2 aliphatic rings. The predicted molar refractivity (Wildman–Crippen MR) is 104 cm³/mol. The first-order chi connectivity index (χ1) is 13.6. The number of anilines is 2. The van der Waals surface area contributed by atoms with Crippen LogP contribution in [-0.4, -0.2) is 60.9 Å². The van der Waals surface area contributed by atoms with Crippen molar-refractivity contribution in [2.24, 2.45) is 0 Å². The number of amides is 2. The number of benzene rings is 1. The number of fused-ring (bicyclic) bond motifs is 1. The zero-order valence-corrected chi connectivity index (χ0v) is 15.7. The number of nitrogens with zero attached hydrogens (tertiary/aromatic N) is 3. The molecule has 2 N–H and O–H groups in total. The molecule has 0 aliphatic carbocycles. The van der Waals surface area contributed by atoms with Gasteiger partial charge in [0.2, 0.25) is 5.95 Å². The van der Waals surface area contributed by atoms with E-state index in [-0.39, 0.29) is 18.1 Å². The Hall–Kier alpha value is -3.07. The molecule has 148 valence electrons. The number of carbonyl (C=O) groups is 1. The Labute approximate surface area is 162 Å². The molecule has 2 aliphatic heterocycles. The number of urea groups is 1. The normalized spacial score (nSPS) is 16.5. The smallest absolute Gasteiger partial charge is 0.322 e. The van der Waals surface area contributed by atoms with Crippen LogP contribution in [0.25, 0.3) is 0 Å². The molecule has 0 radical (unpaired) electrons. The SMILES string of the molecule is COc1cccc(NC(=O)N2CCc3nc(N4CCOCC4)[nH]c(=O)c3C2)c1. The fourth-order valence-corrected chi connectivity index (χ4v) is 3.41. The summed E-state index contributed by atoms with van der Waals surface area (Å²) in [7, 11) is 1.58. The molecule has 9 heteroatoms. The van der Waals surface area contributed by atoms with Crippen molar-refractivity contribution in [2.75, 3.05) is 50.2 Å². The molecule has 2 amide bonds. The third-order valence-corrected chi connectivity index (χ3v) is 4.97. The van der Waals surface area contributed by atoms with Gasteiger partial charge in [0.25, 0.3) is 5.56 Å². The van der Waals surface area contributed by atoms with Crippen molar-refractivity contribution >= 4 is 17.7 Å². The van der Waals surface area contributed by atoms with Crippen molar-refractivity contribution in [1.82, 2.24) is 14.9 Å². The molecule has 28 heavy (non-hydrogen) atoms. The van der Waals surface area contributed by atoms with Crippen molar-refractivity contribution in [3.05, 3.63) is 45.9 Å². The van der Waals surface area contributed by atoms with Crippen LogP contribution >= 0.6 is 0 Å². The van der Waals surface area contributed by atoms with Gasteiger partial charge >= 0.3 is 6.03 Å². The molecule has 0 bridgehead atoms. The minimum Gasteiger partial charge on any atom is -0.497 e. The fraction of sp³-hybridized carbons (Fsp3) is 0.421.